The molecular formula is C17H24IN5OS. The fraction of sp³-hybridized carbons (Fsp3) is 0.588. The number of hydrogen-bond acceptors (Lipinski definition) is 5. The van der Waals surface area contributed by atoms with Crippen molar-refractivity contribution in [2.24, 2.45) is 4.99 Å². The van der Waals surface area contributed by atoms with Gasteiger partial charge in [-0.2, -0.15) is 4.98 Å². The van der Waals surface area contributed by atoms with Crippen LogP contribution in [0.4, 0.5) is 0 Å². The van der Waals surface area contributed by atoms with Crippen LogP contribution in [-0.4, -0.2) is 40.6 Å². The molecule has 0 aromatic carbocycles. The lowest BCUT2D eigenvalue weighted by Crippen LogP contribution is -2.40. The van der Waals surface area contributed by atoms with Crippen LogP contribution in [0.5, 0.6) is 0 Å². The Morgan fingerprint density at radius 1 is 1.36 bits per heavy atom. The van der Waals surface area contributed by atoms with Crippen molar-refractivity contribution < 1.29 is 4.52 Å². The molecule has 0 unspecified atom stereocenters. The first kappa shape index (κ1) is 18.6. The standard InChI is InChI=1S/C17H23N5OS.HI/c1-2-10-22(9-1)17(18-8-7-14-4-3-11-24-14)19-12-15-20-16(21-23-15)13-5-6-13;/h3-4,11,13H,1-2,5-10,12H2,(H,18,19);1H. The third-order valence-corrected chi connectivity index (χ3v) is 5.37. The van der Waals surface area contributed by atoms with Crippen molar-refractivity contribution in [1.29, 1.82) is 0 Å². The maximum atomic E-state index is 5.33. The summed E-state index contributed by atoms with van der Waals surface area (Å²) in [5.74, 6) is 2.96. The Bertz CT molecular complexity index is 677. The molecular weight excluding hydrogens is 449 g/mol. The van der Waals surface area contributed by atoms with Crippen molar-refractivity contribution in [2.75, 3.05) is 19.6 Å². The van der Waals surface area contributed by atoms with Crippen molar-refractivity contribution in [2.45, 2.75) is 44.6 Å². The summed E-state index contributed by atoms with van der Waals surface area (Å²) in [5.41, 5.74) is 0. The van der Waals surface area contributed by atoms with Gasteiger partial charge in [-0.3, -0.25) is 0 Å². The van der Waals surface area contributed by atoms with Crippen molar-refractivity contribution in [3.05, 3.63) is 34.1 Å². The van der Waals surface area contributed by atoms with Gasteiger partial charge in [0.2, 0.25) is 5.89 Å². The Morgan fingerprint density at radius 2 is 2.20 bits per heavy atom. The molecule has 1 saturated carbocycles. The number of nitrogens with zero attached hydrogens (tertiary/aromatic N) is 4. The first-order valence-corrected chi connectivity index (χ1v) is 9.64. The summed E-state index contributed by atoms with van der Waals surface area (Å²) in [4.78, 5) is 12.9. The largest absolute Gasteiger partial charge is 0.356 e. The van der Waals surface area contributed by atoms with Gasteiger partial charge in [0.25, 0.3) is 0 Å². The molecule has 2 aromatic heterocycles. The minimum absolute atomic E-state index is 0. The highest BCUT2D eigenvalue weighted by molar-refractivity contribution is 14.0. The smallest absolute Gasteiger partial charge is 0.248 e. The average Bonchev–Trinajstić information content (AvgIpc) is 3.06. The van der Waals surface area contributed by atoms with Gasteiger partial charge in [0.05, 0.1) is 0 Å². The van der Waals surface area contributed by atoms with Crippen LogP contribution in [-0.2, 0) is 13.0 Å². The molecule has 2 aliphatic rings. The predicted molar refractivity (Wildman–Crippen MR) is 110 cm³/mol. The molecule has 0 radical (unpaired) electrons. The fourth-order valence-corrected chi connectivity index (χ4v) is 3.64. The Morgan fingerprint density at radius 3 is 2.92 bits per heavy atom. The monoisotopic (exact) mass is 473 g/mol. The van der Waals surface area contributed by atoms with E-state index in [9.17, 15) is 0 Å². The molecule has 0 bridgehead atoms. The molecule has 4 rings (SSSR count). The van der Waals surface area contributed by atoms with E-state index < -0.39 is 0 Å². The van der Waals surface area contributed by atoms with E-state index in [4.69, 9.17) is 9.52 Å². The Balaban J connectivity index is 0.00000182. The molecule has 2 fully saturated rings. The zero-order valence-electron chi connectivity index (χ0n) is 14.2. The van der Waals surface area contributed by atoms with E-state index in [1.807, 2.05) is 0 Å². The van der Waals surface area contributed by atoms with E-state index in [-0.39, 0.29) is 24.0 Å². The summed E-state index contributed by atoms with van der Waals surface area (Å²) in [6, 6.07) is 4.28. The van der Waals surface area contributed by atoms with Gasteiger partial charge in [0.1, 0.15) is 6.54 Å². The van der Waals surface area contributed by atoms with Crippen LogP contribution in [0, 0.1) is 0 Å². The molecule has 0 atom stereocenters. The van der Waals surface area contributed by atoms with Crippen LogP contribution in [0.3, 0.4) is 0 Å². The van der Waals surface area contributed by atoms with E-state index >= 15 is 0 Å². The zero-order valence-corrected chi connectivity index (χ0v) is 17.3. The van der Waals surface area contributed by atoms with Crippen molar-refractivity contribution >= 4 is 41.3 Å². The van der Waals surface area contributed by atoms with E-state index in [2.05, 4.69) is 37.9 Å². The van der Waals surface area contributed by atoms with Crippen LogP contribution in [0.2, 0.25) is 0 Å². The lowest BCUT2D eigenvalue weighted by molar-refractivity contribution is 0.373. The normalized spacial score (nSPS) is 17.6. The number of nitrogens with one attached hydrogen (secondary N) is 1. The van der Waals surface area contributed by atoms with Crippen LogP contribution < -0.4 is 5.32 Å². The highest BCUT2D eigenvalue weighted by atomic mass is 127. The van der Waals surface area contributed by atoms with Crippen LogP contribution in [0.25, 0.3) is 0 Å². The molecule has 3 heterocycles. The predicted octanol–water partition coefficient (Wildman–Crippen LogP) is 3.41. The lowest BCUT2D eigenvalue weighted by Gasteiger charge is -2.21. The molecule has 25 heavy (non-hydrogen) atoms. The van der Waals surface area contributed by atoms with Gasteiger partial charge in [-0.05, 0) is 43.6 Å². The molecule has 0 amide bonds. The summed E-state index contributed by atoms with van der Waals surface area (Å²) in [6.07, 6.45) is 5.87. The van der Waals surface area contributed by atoms with Gasteiger partial charge in [-0.15, -0.1) is 35.3 Å². The van der Waals surface area contributed by atoms with Crippen LogP contribution >= 0.6 is 35.3 Å². The number of aliphatic imine (C=N–C) groups is 1. The number of halogens is 1. The SMILES string of the molecule is I.c1csc(CCNC(=NCc2nc(C3CC3)no2)N2CCCC2)c1. The molecule has 1 N–H and O–H groups in total. The second-order valence-corrected chi connectivity index (χ2v) is 7.44. The minimum atomic E-state index is 0. The first-order valence-electron chi connectivity index (χ1n) is 8.76. The van der Waals surface area contributed by atoms with Gasteiger partial charge in [0, 0.05) is 30.4 Å². The first-order chi connectivity index (χ1) is 11.9. The maximum Gasteiger partial charge on any atom is 0.248 e. The molecule has 1 aliphatic heterocycles. The molecule has 6 nitrogen and oxygen atoms in total. The van der Waals surface area contributed by atoms with E-state index in [1.165, 1.54) is 30.6 Å². The highest BCUT2D eigenvalue weighted by Gasteiger charge is 2.28. The number of thiophene rings is 1. The molecule has 136 valence electrons. The number of aromatic nitrogens is 2. The summed E-state index contributed by atoms with van der Waals surface area (Å²) >= 11 is 1.80. The third-order valence-electron chi connectivity index (χ3n) is 4.43. The Kier molecular flexibility index (Phi) is 6.69. The second-order valence-electron chi connectivity index (χ2n) is 6.41. The van der Waals surface area contributed by atoms with Crippen LogP contribution in [0.1, 0.15) is 48.2 Å². The zero-order chi connectivity index (χ0) is 16.2. The second kappa shape index (κ2) is 8.98. The highest BCUT2D eigenvalue weighted by Crippen LogP contribution is 2.38. The molecule has 1 aliphatic carbocycles. The number of guanidine groups is 1. The van der Waals surface area contributed by atoms with E-state index in [0.717, 1.165) is 37.8 Å². The summed E-state index contributed by atoms with van der Waals surface area (Å²) < 4.78 is 5.33. The number of hydrogen-bond donors (Lipinski definition) is 1. The van der Waals surface area contributed by atoms with Gasteiger partial charge in [0.15, 0.2) is 11.8 Å². The summed E-state index contributed by atoms with van der Waals surface area (Å²) in [6.45, 7) is 3.49. The minimum Gasteiger partial charge on any atom is -0.356 e. The maximum absolute atomic E-state index is 5.33. The topological polar surface area (TPSA) is 66.5 Å². The van der Waals surface area contributed by atoms with E-state index in [0.29, 0.717) is 18.4 Å². The fourth-order valence-electron chi connectivity index (χ4n) is 2.93. The average molecular weight is 473 g/mol. The van der Waals surface area contributed by atoms with Crippen LogP contribution in [0.15, 0.2) is 27.0 Å². The van der Waals surface area contributed by atoms with Gasteiger partial charge >= 0.3 is 0 Å². The van der Waals surface area contributed by atoms with Gasteiger partial charge in [-0.25, -0.2) is 4.99 Å². The van der Waals surface area contributed by atoms with Crippen molar-refractivity contribution in [3.63, 3.8) is 0 Å². The molecule has 0 spiro atoms. The quantitative estimate of drug-likeness (QED) is 0.396. The Labute approximate surface area is 169 Å². The Hall–Kier alpha value is -1.16. The number of rotatable bonds is 6. The lowest BCUT2D eigenvalue weighted by atomic mass is 10.3. The number of likely N-dealkylation sites (tertiary alicyclic amines) is 1. The van der Waals surface area contributed by atoms with Crippen molar-refractivity contribution in [3.8, 4) is 0 Å². The molecule has 2 aromatic rings. The van der Waals surface area contributed by atoms with E-state index in [1.54, 1.807) is 11.3 Å². The van der Waals surface area contributed by atoms with Crippen molar-refractivity contribution in [1.82, 2.24) is 20.4 Å². The third kappa shape index (κ3) is 5.16. The summed E-state index contributed by atoms with van der Waals surface area (Å²) in [7, 11) is 0. The molecule has 1 saturated heterocycles. The molecule has 8 heteroatoms. The summed E-state index contributed by atoms with van der Waals surface area (Å²) in [5, 5.41) is 9.69. The van der Waals surface area contributed by atoms with Gasteiger partial charge in [-0.1, -0.05) is 11.2 Å². The van der Waals surface area contributed by atoms with Gasteiger partial charge < -0.3 is 14.7 Å².